The largest absolute Gasteiger partial charge is 0.462 e. The van der Waals surface area contributed by atoms with Crippen LogP contribution in [0.4, 0.5) is 11.4 Å². The third-order valence-corrected chi connectivity index (χ3v) is 3.93. The van der Waals surface area contributed by atoms with Crippen LogP contribution in [0.15, 0.2) is 48.5 Å². The second kappa shape index (κ2) is 9.52. The van der Waals surface area contributed by atoms with Crippen LogP contribution in [0, 0.1) is 6.92 Å². The van der Waals surface area contributed by atoms with E-state index in [2.05, 4.69) is 5.32 Å². The lowest BCUT2D eigenvalue weighted by Gasteiger charge is -2.23. The van der Waals surface area contributed by atoms with E-state index < -0.39 is 5.97 Å². The Balaban J connectivity index is 2.11. The monoisotopic (exact) mass is 368 g/mol. The number of hydrogen-bond acceptors (Lipinski definition) is 4. The second-order valence-electron chi connectivity index (χ2n) is 6.08. The molecule has 0 aliphatic carbocycles. The molecule has 0 aliphatic rings. The molecule has 0 radical (unpaired) electrons. The summed E-state index contributed by atoms with van der Waals surface area (Å²) in [6, 6.07) is 14.2. The maximum atomic E-state index is 12.3. The quantitative estimate of drug-likeness (QED) is 0.758. The van der Waals surface area contributed by atoms with Crippen molar-refractivity contribution >= 4 is 29.2 Å². The van der Waals surface area contributed by atoms with Gasteiger partial charge in [0.05, 0.1) is 17.9 Å². The number of hydrogen-bond donors (Lipinski definition) is 1. The van der Waals surface area contributed by atoms with E-state index in [1.165, 1.54) is 11.8 Å². The Morgan fingerprint density at radius 2 is 1.81 bits per heavy atom. The Kier molecular flexibility index (Phi) is 7.11. The van der Waals surface area contributed by atoms with Crippen LogP contribution in [0.1, 0.15) is 36.2 Å². The van der Waals surface area contributed by atoms with Gasteiger partial charge in [-0.2, -0.15) is 0 Å². The lowest BCUT2D eigenvalue weighted by atomic mass is 10.1. The summed E-state index contributed by atoms with van der Waals surface area (Å²) in [6.07, 6.45) is 0.102. The fourth-order valence-electron chi connectivity index (χ4n) is 2.70. The van der Waals surface area contributed by atoms with Gasteiger partial charge in [-0.1, -0.05) is 24.3 Å². The normalized spacial score (nSPS) is 10.2. The molecule has 0 aliphatic heterocycles. The van der Waals surface area contributed by atoms with Crippen LogP contribution in [0.2, 0.25) is 0 Å². The molecule has 6 nitrogen and oxygen atoms in total. The highest BCUT2D eigenvalue weighted by Crippen LogP contribution is 2.22. The molecule has 0 atom stereocenters. The minimum Gasteiger partial charge on any atom is -0.462 e. The topological polar surface area (TPSA) is 75.7 Å². The van der Waals surface area contributed by atoms with E-state index in [1.54, 1.807) is 31.2 Å². The molecule has 142 valence electrons. The van der Waals surface area contributed by atoms with Crippen molar-refractivity contribution < 1.29 is 19.1 Å². The van der Waals surface area contributed by atoms with Crippen LogP contribution in [0.5, 0.6) is 0 Å². The minimum absolute atomic E-state index is 0.102. The van der Waals surface area contributed by atoms with Gasteiger partial charge in [-0.3, -0.25) is 9.59 Å². The van der Waals surface area contributed by atoms with Crippen LogP contribution in [0.25, 0.3) is 0 Å². The predicted octanol–water partition coefficient (Wildman–Crippen LogP) is 3.55. The Bertz CT molecular complexity index is 832. The highest BCUT2D eigenvalue weighted by Gasteiger charge is 2.20. The second-order valence-corrected chi connectivity index (χ2v) is 6.08. The Morgan fingerprint density at radius 3 is 2.48 bits per heavy atom. The van der Waals surface area contributed by atoms with Crippen molar-refractivity contribution in [3.8, 4) is 0 Å². The zero-order valence-electron chi connectivity index (χ0n) is 15.8. The van der Waals surface area contributed by atoms with E-state index >= 15 is 0 Å². The highest BCUT2D eigenvalue weighted by molar-refractivity contribution is 6.02. The Labute approximate surface area is 159 Å². The molecule has 0 aromatic heterocycles. The van der Waals surface area contributed by atoms with Gasteiger partial charge in [0.2, 0.25) is 11.8 Å². The highest BCUT2D eigenvalue weighted by atomic mass is 16.5. The first-order valence-electron chi connectivity index (χ1n) is 8.83. The van der Waals surface area contributed by atoms with E-state index in [-0.39, 0.29) is 31.4 Å². The van der Waals surface area contributed by atoms with E-state index in [4.69, 9.17) is 4.74 Å². The average Bonchev–Trinajstić information content (AvgIpc) is 2.62. The van der Waals surface area contributed by atoms with Crippen molar-refractivity contribution in [2.24, 2.45) is 0 Å². The SMILES string of the molecule is CCOC(=O)c1ccccc1N(CCC(=O)Nc1cccc(C)c1)C(C)=O. The summed E-state index contributed by atoms with van der Waals surface area (Å²) in [5.74, 6) is -0.959. The molecule has 6 heteroatoms. The van der Waals surface area contributed by atoms with E-state index in [1.807, 2.05) is 31.2 Å². The van der Waals surface area contributed by atoms with Crippen LogP contribution in [-0.2, 0) is 14.3 Å². The zero-order valence-corrected chi connectivity index (χ0v) is 15.8. The summed E-state index contributed by atoms with van der Waals surface area (Å²) in [5.41, 5.74) is 2.49. The number of esters is 1. The fourth-order valence-corrected chi connectivity index (χ4v) is 2.70. The predicted molar refractivity (Wildman–Crippen MR) is 105 cm³/mol. The molecular formula is C21H24N2O4. The fraction of sp³-hybridized carbons (Fsp3) is 0.286. The molecule has 0 unspecified atom stereocenters. The molecule has 0 spiro atoms. The number of anilines is 2. The Morgan fingerprint density at radius 1 is 1.07 bits per heavy atom. The summed E-state index contributed by atoms with van der Waals surface area (Å²) in [4.78, 5) is 38.0. The minimum atomic E-state index is -0.497. The number of ether oxygens (including phenoxy) is 1. The molecule has 2 aromatic carbocycles. The van der Waals surface area contributed by atoms with Crippen molar-refractivity contribution in [1.82, 2.24) is 0 Å². The first-order valence-corrected chi connectivity index (χ1v) is 8.83. The van der Waals surface area contributed by atoms with Gasteiger partial charge < -0.3 is 15.0 Å². The van der Waals surface area contributed by atoms with Gasteiger partial charge in [0, 0.05) is 25.6 Å². The van der Waals surface area contributed by atoms with Gasteiger partial charge in [0.15, 0.2) is 0 Å². The average molecular weight is 368 g/mol. The number of benzene rings is 2. The molecule has 0 saturated heterocycles. The molecule has 0 heterocycles. The number of nitrogens with one attached hydrogen (secondary N) is 1. The standard InChI is InChI=1S/C21H24N2O4/c1-4-27-21(26)18-10-5-6-11-19(18)23(16(3)24)13-12-20(25)22-17-9-7-8-15(2)14-17/h5-11,14H,4,12-13H2,1-3H3,(H,22,25). The van der Waals surface area contributed by atoms with Gasteiger partial charge in [-0.15, -0.1) is 0 Å². The lowest BCUT2D eigenvalue weighted by molar-refractivity contribution is -0.117. The van der Waals surface area contributed by atoms with Crippen molar-refractivity contribution in [2.75, 3.05) is 23.4 Å². The van der Waals surface area contributed by atoms with Crippen molar-refractivity contribution in [2.45, 2.75) is 27.2 Å². The number of carbonyl (C=O) groups excluding carboxylic acids is 3. The number of para-hydroxylation sites is 1. The van der Waals surface area contributed by atoms with Crippen molar-refractivity contribution in [1.29, 1.82) is 0 Å². The van der Waals surface area contributed by atoms with Crippen LogP contribution >= 0.6 is 0 Å². The van der Waals surface area contributed by atoms with Crippen LogP contribution in [-0.4, -0.2) is 30.9 Å². The van der Waals surface area contributed by atoms with E-state index in [0.717, 1.165) is 5.56 Å². The zero-order chi connectivity index (χ0) is 19.8. The molecule has 0 bridgehead atoms. The van der Waals surface area contributed by atoms with Crippen molar-refractivity contribution in [3.05, 3.63) is 59.7 Å². The third kappa shape index (κ3) is 5.67. The maximum absolute atomic E-state index is 12.3. The van der Waals surface area contributed by atoms with Gasteiger partial charge in [-0.05, 0) is 43.7 Å². The Hall–Kier alpha value is -3.15. The summed E-state index contributed by atoms with van der Waals surface area (Å²) < 4.78 is 5.06. The molecule has 0 fully saturated rings. The molecule has 2 amide bonds. The van der Waals surface area contributed by atoms with Crippen LogP contribution in [0.3, 0.4) is 0 Å². The third-order valence-electron chi connectivity index (χ3n) is 3.93. The van der Waals surface area contributed by atoms with Gasteiger partial charge >= 0.3 is 5.97 Å². The molecule has 2 rings (SSSR count). The number of nitrogens with zero attached hydrogens (tertiary/aromatic N) is 1. The van der Waals surface area contributed by atoms with E-state index in [9.17, 15) is 14.4 Å². The summed E-state index contributed by atoms with van der Waals surface area (Å²) >= 11 is 0. The lowest BCUT2D eigenvalue weighted by Crippen LogP contribution is -2.33. The van der Waals surface area contributed by atoms with Crippen molar-refractivity contribution in [3.63, 3.8) is 0 Å². The molecule has 2 aromatic rings. The van der Waals surface area contributed by atoms with E-state index in [0.29, 0.717) is 16.9 Å². The molecule has 0 saturated carbocycles. The smallest absolute Gasteiger partial charge is 0.340 e. The van der Waals surface area contributed by atoms with Gasteiger partial charge in [0.1, 0.15) is 0 Å². The first kappa shape index (κ1) is 20.2. The first-order chi connectivity index (χ1) is 12.9. The number of rotatable bonds is 7. The number of aryl methyl sites for hydroxylation is 1. The molecule has 1 N–H and O–H groups in total. The summed E-state index contributed by atoms with van der Waals surface area (Å²) in [7, 11) is 0. The number of carbonyl (C=O) groups is 3. The van der Waals surface area contributed by atoms with Crippen LogP contribution < -0.4 is 10.2 Å². The molecular weight excluding hydrogens is 344 g/mol. The van der Waals surface area contributed by atoms with Gasteiger partial charge in [0.25, 0.3) is 0 Å². The molecule has 27 heavy (non-hydrogen) atoms. The summed E-state index contributed by atoms with van der Waals surface area (Å²) in [5, 5.41) is 2.82. The number of amides is 2. The van der Waals surface area contributed by atoms with Gasteiger partial charge in [-0.25, -0.2) is 4.79 Å². The maximum Gasteiger partial charge on any atom is 0.340 e. The summed E-state index contributed by atoms with van der Waals surface area (Å²) in [6.45, 7) is 5.47.